The molecule has 3 rings (SSSR count). The number of β-lactam (4-membered cyclic amide) rings is 1. The second kappa shape index (κ2) is 6.43. The number of aliphatic hydroxyl groups is 1. The van der Waals surface area contributed by atoms with Crippen molar-refractivity contribution in [3.8, 4) is 0 Å². The van der Waals surface area contributed by atoms with Crippen molar-refractivity contribution in [1.82, 2.24) is 4.90 Å². The van der Waals surface area contributed by atoms with Crippen LogP contribution in [-0.4, -0.2) is 46.2 Å². The molecule has 0 aromatic carbocycles. The predicted molar refractivity (Wildman–Crippen MR) is 69.6 cm³/mol. The molecule has 8 nitrogen and oxygen atoms in total. The molecule has 0 spiro atoms. The fraction of sp³-hybridized carbons (Fsp3) is 0.643. The average molecular weight is 332 g/mol. The summed E-state index contributed by atoms with van der Waals surface area (Å²) in [5.74, 6) is -2.79. The van der Waals surface area contributed by atoms with Crippen LogP contribution in [0, 0.1) is 11.8 Å². The minimum absolute atomic E-state index is 0. The number of hydrogen-bond donors (Lipinski definition) is 2. The van der Waals surface area contributed by atoms with E-state index < -0.39 is 42.1 Å². The van der Waals surface area contributed by atoms with Crippen LogP contribution in [0.3, 0.4) is 0 Å². The van der Waals surface area contributed by atoms with Gasteiger partial charge >= 0.3 is 35.7 Å². The van der Waals surface area contributed by atoms with Gasteiger partial charge in [-0.15, -0.1) is 0 Å². The van der Waals surface area contributed by atoms with Crippen molar-refractivity contribution >= 4 is 18.0 Å². The zero-order chi connectivity index (χ0) is 16.2. The van der Waals surface area contributed by atoms with E-state index in [1.54, 1.807) is 0 Å². The number of carbonyl (C=O) groups excluding carboxylic acids is 3. The number of fused-ring (bicyclic) bond motifs is 3. The number of aliphatic carboxylic acids is 1. The number of carboxylic acid groups (broad SMARTS) is 1. The molecule has 3 N–H and O–H groups in total. The van der Waals surface area contributed by atoms with Gasteiger partial charge in [0.1, 0.15) is 6.10 Å². The molecule has 2 heterocycles. The Balaban J connectivity index is 0.00000192. The second-order valence-electron chi connectivity index (χ2n) is 6.02. The maximum Gasteiger partial charge on any atom is 1.00 e. The Bertz CT molecular complexity index is 590. The maximum absolute atomic E-state index is 12.2. The number of hydrogen-bond acceptors (Lipinski definition) is 6. The van der Waals surface area contributed by atoms with E-state index in [1.807, 2.05) is 0 Å². The van der Waals surface area contributed by atoms with E-state index in [1.165, 1.54) is 11.8 Å². The van der Waals surface area contributed by atoms with Gasteiger partial charge in [0.25, 0.3) is 0 Å². The first-order valence-corrected chi connectivity index (χ1v) is 7.27. The number of nitrogens with two attached hydrogens (primary N) is 1. The summed E-state index contributed by atoms with van der Waals surface area (Å²) >= 11 is 0. The van der Waals surface area contributed by atoms with Gasteiger partial charge in [0, 0.05) is 11.5 Å². The molecule has 1 saturated carbocycles. The standard InChI is InChI=1S/C14H18N2O6.Na/c1-5(17)8-10-6-3-2-4-7(22-14(15)21)9(6)11(13(19)20)16(10)12(8)18;/h5-8,10,17H,2-4H2,1H3,(H2,15,21)(H,19,20);/q;+1/p-1/t5-,6-,7-,8-,10-;/m1./s1. The van der Waals surface area contributed by atoms with Gasteiger partial charge in [-0.1, -0.05) is 0 Å². The van der Waals surface area contributed by atoms with Crippen molar-refractivity contribution < 1.29 is 58.9 Å². The number of carboxylic acids is 1. The molecular formula is C14H17N2NaO6. The summed E-state index contributed by atoms with van der Waals surface area (Å²) in [5, 5.41) is 21.3. The first-order valence-electron chi connectivity index (χ1n) is 7.27. The Hall–Kier alpha value is -1.09. The fourth-order valence-corrected chi connectivity index (χ4v) is 4.09. The van der Waals surface area contributed by atoms with Crippen LogP contribution in [0.15, 0.2) is 11.3 Å². The monoisotopic (exact) mass is 332 g/mol. The van der Waals surface area contributed by atoms with Crippen LogP contribution in [-0.2, 0) is 14.3 Å². The van der Waals surface area contributed by atoms with Gasteiger partial charge in [0.15, 0.2) is 0 Å². The summed E-state index contributed by atoms with van der Waals surface area (Å²) < 4.78 is 5.03. The normalized spacial score (nSPS) is 33.1. The molecule has 0 unspecified atom stereocenters. The molecule has 0 radical (unpaired) electrons. The Kier molecular flexibility index (Phi) is 5.10. The van der Waals surface area contributed by atoms with Crippen LogP contribution in [0.5, 0.6) is 0 Å². The smallest absolute Gasteiger partial charge is 0.543 e. The minimum Gasteiger partial charge on any atom is -0.543 e. The summed E-state index contributed by atoms with van der Waals surface area (Å²) in [6.07, 6.45) is -0.756. The van der Waals surface area contributed by atoms with Crippen molar-refractivity contribution in [3.63, 3.8) is 0 Å². The van der Waals surface area contributed by atoms with Crippen LogP contribution in [0.1, 0.15) is 26.2 Å². The zero-order valence-electron chi connectivity index (χ0n) is 13.0. The van der Waals surface area contributed by atoms with Gasteiger partial charge < -0.3 is 30.4 Å². The average Bonchev–Trinajstić information content (AvgIpc) is 2.69. The molecule has 0 bridgehead atoms. The molecule has 1 saturated heterocycles. The van der Waals surface area contributed by atoms with E-state index >= 15 is 0 Å². The summed E-state index contributed by atoms with van der Waals surface area (Å²) in [6.45, 7) is 1.51. The molecule has 2 amide bonds. The van der Waals surface area contributed by atoms with Crippen LogP contribution in [0.2, 0.25) is 0 Å². The van der Waals surface area contributed by atoms with Crippen molar-refractivity contribution in [3.05, 3.63) is 11.3 Å². The predicted octanol–water partition coefficient (Wildman–Crippen LogP) is -4.52. The molecule has 0 aromatic heterocycles. The second-order valence-corrected chi connectivity index (χ2v) is 6.02. The molecule has 1 aliphatic carbocycles. The quantitative estimate of drug-likeness (QED) is 0.395. The summed E-state index contributed by atoms with van der Waals surface area (Å²) in [6, 6.07) is -0.408. The van der Waals surface area contributed by atoms with Crippen molar-refractivity contribution in [2.45, 2.75) is 44.4 Å². The number of carbonyl (C=O) groups is 3. The SMILES string of the molecule is C[C@@H](O)[C@H]1C(=O)N2C(C(=O)[O-])=C3[C@@H](CCC[C@H]3OC(N)=O)[C@H]12.[Na+]. The summed E-state index contributed by atoms with van der Waals surface area (Å²) in [5.41, 5.74) is 5.22. The Morgan fingerprint density at radius 2 is 2.09 bits per heavy atom. The topological polar surface area (TPSA) is 133 Å². The Morgan fingerprint density at radius 1 is 1.43 bits per heavy atom. The fourth-order valence-electron chi connectivity index (χ4n) is 4.09. The summed E-state index contributed by atoms with van der Waals surface area (Å²) in [4.78, 5) is 35.9. The zero-order valence-corrected chi connectivity index (χ0v) is 15.0. The third kappa shape index (κ3) is 2.67. The van der Waals surface area contributed by atoms with Crippen LogP contribution >= 0.6 is 0 Å². The molecular weight excluding hydrogens is 315 g/mol. The number of nitrogens with zero attached hydrogens (tertiary/aromatic N) is 1. The first kappa shape index (κ1) is 18.3. The van der Waals surface area contributed by atoms with E-state index in [-0.39, 0.29) is 41.2 Å². The molecule has 2 fully saturated rings. The third-order valence-electron chi connectivity index (χ3n) is 4.81. The van der Waals surface area contributed by atoms with Crippen LogP contribution < -0.4 is 40.4 Å². The number of primary amides is 1. The van der Waals surface area contributed by atoms with E-state index in [0.717, 1.165) is 6.42 Å². The molecule has 2 aliphatic heterocycles. The van der Waals surface area contributed by atoms with E-state index in [4.69, 9.17) is 10.5 Å². The Labute approximate surface area is 154 Å². The van der Waals surface area contributed by atoms with Gasteiger partial charge in [0.2, 0.25) is 5.91 Å². The molecule has 23 heavy (non-hydrogen) atoms. The molecule has 9 heteroatoms. The molecule has 0 aromatic rings. The van der Waals surface area contributed by atoms with Gasteiger partial charge in [-0.25, -0.2) is 4.79 Å². The van der Waals surface area contributed by atoms with Crippen molar-refractivity contribution in [2.75, 3.05) is 0 Å². The molecule has 3 aliphatic rings. The third-order valence-corrected chi connectivity index (χ3v) is 4.81. The van der Waals surface area contributed by atoms with E-state index in [0.29, 0.717) is 18.4 Å². The van der Waals surface area contributed by atoms with Gasteiger partial charge in [-0.2, -0.15) is 0 Å². The first-order chi connectivity index (χ1) is 10.3. The van der Waals surface area contributed by atoms with Crippen molar-refractivity contribution in [2.24, 2.45) is 17.6 Å². The number of amides is 2. The number of rotatable bonds is 3. The van der Waals surface area contributed by atoms with Crippen LogP contribution in [0.4, 0.5) is 4.79 Å². The van der Waals surface area contributed by atoms with E-state index in [9.17, 15) is 24.6 Å². The number of aliphatic hydroxyl groups excluding tert-OH is 1. The molecule has 120 valence electrons. The van der Waals surface area contributed by atoms with Crippen molar-refractivity contribution in [1.29, 1.82) is 0 Å². The van der Waals surface area contributed by atoms with Crippen LogP contribution in [0.25, 0.3) is 0 Å². The maximum atomic E-state index is 12.2. The summed E-state index contributed by atoms with van der Waals surface area (Å²) in [7, 11) is 0. The van der Waals surface area contributed by atoms with Gasteiger partial charge in [-0.3, -0.25) is 4.79 Å². The van der Waals surface area contributed by atoms with E-state index in [2.05, 4.69) is 0 Å². The van der Waals surface area contributed by atoms with Gasteiger partial charge in [-0.05, 0) is 26.2 Å². The number of ether oxygens (including phenoxy) is 1. The molecule has 5 atom stereocenters. The van der Waals surface area contributed by atoms with Gasteiger partial charge in [0.05, 0.1) is 29.7 Å². The minimum atomic E-state index is -1.47. The Morgan fingerprint density at radius 3 is 2.61 bits per heavy atom. The largest absolute Gasteiger partial charge is 1.00 e.